The SMILES string of the molecule is CCC1OCCC1C(=O)N1C[C@H]2CCC(N)C[C@H]2C1. The fourth-order valence-electron chi connectivity index (χ4n) is 4.22. The Bertz CT molecular complexity index is 347. The molecule has 4 nitrogen and oxygen atoms in total. The summed E-state index contributed by atoms with van der Waals surface area (Å²) in [6.45, 7) is 4.76. The van der Waals surface area contributed by atoms with E-state index < -0.39 is 0 Å². The molecule has 2 heterocycles. The number of nitrogens with zero attached hydrogens (tertiary/aromatic N) is 1. The van der Waals surface area contributed by atoms with E-state index in [0.717, 1.165) is 45.4 Å². The van der Waals surface area contributed by atoms with Crippen LogP contribution in [-0.4, -0.2) is 42.6 Å². The normalized spacial score (nSPS) is 42.4. The summed E-state index contributed by atoms with van der Waals surface area (Å²) in [4.78, 5) is 14.8. The van der Waals surface area contributed by atoms with Crippen molar-refractivity contribution in [3.05, 3.63) is 0 Å². The molecule has 108 valence electrons. The van der Waals surface area contributed by atoms with Crippen molar-refractivity contribution in [2.24, 2.45) is 23.5 Å². The van der Waals surface area contributed by atoms with E-state index in [9.17, 15) is 4.79 Å². The zero-order valence-electron chi connectivity index (χ0n) is 11.9. The fourth-order valence-corrected chi connectivity index (χ4v) is 4.22. The maximum absolute atomic E-state index is 12.7. The number of fused-ring (bicyclic) bond motifs is 1. The van der Waals surface area contributed by atoms with Crippen molar-refractivity contribution < 1.29 is 9.53 Å². The summed E-state index contributed by atoms with van der Waals surface area (Å²) in [7, 11) is 0. The summed E-state index contributed by atoms with van der Waals surface area (Å²) in [6, 6.07) is 0.356. The maximum atomic E-state index is 12.7. The second-order valence-corrected chi connectivity index (χ2v) is 6.55. The van der Waals surface area contributed by atoms with Crippen LogP contribution < -0.4 is 5.73 Å². The van der Waals surface area contributed by atoms with Crippen LogP contribution in [-0.2, 0) is 9.53 Å². The Balaban J connectivity index is 1.62. The molecule has 5 atom stereocenters. The minimum atomic E-state index is 0.110. The molecule has 2 saturated heterocycles. The van der Waals surface area contributed by atoms with E-state index in [0.29, 0.717) is 23.8 Å². The molecule has 0 aromatic carbocycles. The summed E-state index contributed by atoms with van der Waals surface area (Å²) in [5.74, 6) is 1.80. The van der Waals surface area contributed by atoms with Crippen molar-refractivity contribution in [2.45, 2.75) is 51.2 Å². The van der Waals surface area contributed by atoms with Crippen LogP contribution in [0.1, 0.15) is 39.0 Å². The van der Waals surface area contributed by atoms with E-state index in [4.69, 9.17) is 10.5 Å². The number of rotatable bonds is 2. The minimum absolute atomic E-state index is 0.110. The van der Waals surface area contributed by atoms with Gasteiger partial charge in [0.25, 0.3) is 0 Å². The number of carbonyl (C=O) groups excluding carboxylic acids is 1. The van der Waals surface area contributed by atoms with Crippen LogP contribution in [0.5, 0.6) is 0 Å². The molecule has 0 radical (unpaired) electrons. The molecular weight excluding hydrogens is 240 g/mol. The molecule has 19 heavy (non-hydrogen) atoms. The van der Waals surface area contributed by atoms with Crippen molar-refractivity contribution in [2.75, 3.05) is 19.7 Å². The first kappa shape index (κ1) is 13.4. The van der Waals surface area contributed by atoms with E-state index >= 15 is 0 Å². The summed E-state index contributed by atoms with van der Waals surface area (Å²) < 4.78 is 5.66. The predicted octanol–water partition coefficient (Wildman–Crippen LogP) is 1.39. The van der Waals surface area contributed by atoms with Gasteiger partial charge in [-0.3, -0.25) is 4.79 Å². The van der Waals surface area contributed by atoms with Gasteiger partial charge in [0.15, 0.2) is 0 Å². The van der Waals surface area contributed by atoms with Crippen molar-refractivity contribution in [3.8, 4) is 0 Å². The van der Waals surface area contributed by atoms with Gasteiger partial charge in [0.2, 0.25) is 5.91 Å². The molecule has 0 aromatic heterocycles. The number of hydrogen-bond donors (Lipinski definition) is 1. The zero-order chi connectivity index (χ0) is 13.4. The average Bonchev–Trinajstić information content (AvgIpc) is 3.03. The molecule has 0 aromatic rings. The molecule has 4 heteroatoms. The van der Waals surface area contributed by atoms with Crippen LogP contribution in [0.2, 0.25) is 0 Å². The van der Waals surface area contributed by atoms with Gasteiger partial charge in [-0.15, -0.1) is 0 Å². The molecule has 0 bridgehead atoms. The molecular formula is C15H26N2O2. The lowest BCUT2D eigenvalue weighted by Gasteiger charge is -2.27. The lowest BCUT2D eigenvalue weighted by atomic mass is 9.79. The molecule has 3 rings (SSSR count). The van der Waals surface area contributed by atoms with Crippen LogP contribution in [0.4, 0.5) is 0 Å². The zero-order valence-corrected chi connectivity index (χ0v) is 11.9. The monoisotopic (exact) mass is 266 g/mol. The standard InChI is InChI=1S/C15H26N2O2/c1-2-14-13(5-6-19-14)15(18)17-8-10-3-4-12(16)7-11(10)9-17/h10-14H,2-9,16H2,1H3/t10-,11+,12?,13?,14?/m1/s1. The van der Waals surface area contributed by atoms with Crippen LogP contribution >= 0.6 is 0 Å². The number of amides is 1. The molecule has 3 unspecified atom stereocenters. The Morgan fingerprint density at radius 3 is 2.84 bits per heavy atom. The van der Waals surface area contributed by atoms with Crippen molar-refractivity contribution in [3.63, 3.8) is 0 Å². The van der Waals surface area contributed by atoms with E-state index in [1.165, 1.54) is 6.42 Å². The quantitative estimate of drug-likeness (QED) is 0.821. The lowest BCUT2D eigenvalue weighted by molar-refractivity contribution is -0.136. The predicted molar refractivity (Wildman–Crippen MR) is 73.5 cm³/mol. The van der Waals surface area contributed by atoms with Gasteiger partial charge in [-0.2, -0.15) is 0 Å². The van der Waals surface area contributed by atoms with Gasteiger partial charge in [0.05, 0.1) is 12.0 Å². The van der Waals surface area contributed by atoms with E-state index in [-0.39, 0.29) is 12.0 Å². The van der Waals surface area contributed by atoms with Crippen LogP contribution in [0.15, 0.2) is 0 Å². The third-order valence-electron chi connectivity index (χ3n) is 5.33. The third-order valence-corrected chi connectivity index (χ3v) is 5.33. The first-order valence-electron chi connectivity index (χ1n) is 7.85. The molecule has 3 fully saturated rings. The smallest absolute Gasteiger partial charge is 0.228 e. The highest BCUT2D eigenvalue weighted by molar-refractivity contribution is 5.80. The van der Waals surface area contributed by atoms with Gasteiger partial charge in [-0.05, 0) is 43.9 Å². The summed E-state index contributed by atoms with van der Waals surface area (Å²) in [5, 5.41) is 0. The Morgan fingerprint density at radius 1 is 1.26 bits per heavy atom. The molecule has 3 aliphatic rings. The lowest BCUT2D eigenvalue weighted by Crippen LogP contribution is -2.38. The Labute approximate surface area is 115 Å². The first-order chi connectivity index (χ1) is 9.19. The molecule has 2 N–H and O–H groups in total. The van der Waals surface area contributed by atoms with Gasteiger partial charge in [0, 0.05) is 25.7 Å². The van der Waals surface area contributed by atoms with Gasteiger partial charge in [-0.1, -0.05) is 6.92 Å². The van der Waals surface area contributed by atoms with Gasteiger partial charge < -0.3 is 15.4 Å². The summed E-state index contributed by atoms with van der Waals surface area (Å²) in [5.41, 5.74) is 6.05. The van der Waals surface area contributed by atoms with Crippen LogP contribution in [0, 0.1) is 17.8 Å². The fraction of sp³-hybridized carbons (Fsp3) is 0.933. The van der Waals surface area contributed by atoms with Crippen molar-refractivity contribution >= 4 is 5.91 Å². The molecule has 1 amide bonds. The molecule has 0 spiro atoms. The van der Waals surface area contributed by atoms with Gasteiger partial charge in [-0.25, -0.2) is 0 Å². The summed E-state index contributed by atoms with van der Waals surface area (Å²) >= 11 is 0. The number of ether oxygens (including phenoxy) is 1. The van der Waals surface area contributed by atoms with Crippen molar-refractivity contribution in [1.29, 1.82) is 0 Å². The topological polar surface area (TPSA) is 55.6 Å². The van der Waals surface area contributed by atoms with E-state index in [2.05, 4.69) is 11.8 Å². The maximum Gasteiger partial charge on any atom is 0.228 e. The summed E-state index contributed by atoms with van der Waals surface area (Å²) in [6.07, 6.45) is 5.44. The number of likely N-dealkylation sites (tertiary alicyclic amines) is 1. The molecule has 1 aliphatic carbocycles. The second-order valence-electron chi connectivity index (χ2n) is 6.55. The molecule has 1 saturated carbocycles. The molecule has 2 aliphatic heterocycles. The van der Waals surface area contributed by atoms with Crippen LogP contribution in [0.3, 0.4) is 0 Å². The largest absolute Gasteiger partial charge is 0.377 e. The average molecular weight is 266 g/mol. The van der Waals surface area contributed by atoms with Crippen molar-refractivity contribution in [1.82, 2.24) is 4.90 Å². The van der Waals surface area contributed by atoms with Gasteiger partial charge in [0.1, 0.15) is 0 Å². The highest BCUT2D eigenvalue weighted by atomic mass is 16.5. The highest BCUT2D eigenvalue weighted by Gasteiger charge is 2.42. The third kappa shape index (κ3) is 2.52. The Hall–Kier alpha value is -0.610. The number of hydrogen-bond acceptors (Lipinski definition) is 3. The van der Waals surface area contributed by atoms with Gasteiger partial charge >= 0.3 is 0 Å². The van der Waals surface area contributed by atoms with E-state index in [1.807, 2.05) is 0 Å². The number of nitrogens with two attached hydrogens (primary N) is 1. The first-order valence-corrected chi connectivity index (χ1v) is 7.85. The highest BCUT2D eigenvalue weighted by Crippen LogP contribution is 2.37. The minimum Gasteiger partial charge on any atom is -0.377 e. The Morgan fingerprint density at radius 2 is 2.05 bits per heavy atom. The van der Waals surface area contributed by atoms with E-state index in [1.54, 1.807) is 0 Å². The van der Waals surface area contributed by atoms with Crippen LogP contribution in [0.25, 0.3) is 0 Å². The number of carbonyl (C=O) groups is 1. The Kier molecular flexibility index (Phi) is 3.81. The second kappa shape index (κ2) is 5.41.